The molecule has 2 aromatic rings. The van der Waals surface area contributed by atoms with Gasteiger partial charge in [0.2, 0.25) is 0 Å². The zero-order chi connectivity index (χ0) is 13.1. The molecule has 2 N–H and O–H groups in total. The van der Waals surface area contributed by atoms with Crippen molar-refractivity contribution in [2.45, 2.75) is 25.8 Å². The number of halogens is 2. The van der Waals surface area contributed by atoms with Gasteiger partial charge in [0, 0.05) is 28.0 Å². The van der Waals surface area contributed by atoms with Crippen molar-refractivity contribution in [2.75, 3.05) is 0 Å². The SMILES string of the molecule is Cc1csc(CC(N)Cc2cc(Br)ccc2F)n1. The first-order valence-electron chi connectivity index (χ1n) is 5.65. The normalized spacial score (nSPS) is 12.7. The number of aromatic nitrogens is 1. The molecule has 0 radical (unpaired) electrons. The molecule has 0 saturated heterocycles. The Morgan fingerprint density at radius 1 is 1.44 bits per heavy atom. The molecule has 1 heterocycles. The van der Waals surface area contributed by atoms with Crippen LogP contribution < -0.4 is 5.73 Å². The summed E-state index contributed by atoms with van der Waals surface area (Å²) in [6.07, 6.45) is 1.20. The van der Waals surface area contributed by atoms with Crippen molar-refractivity contribution in [1.82, 2.24) is 4.98 Å². The van der Waals surface area contributed by atoms with Gasteiger partial charge in [0.1, 0.15) is 5.82 Å². The van der Waals surface area contributed by atoms with Crippen LogP contribution in [0, 0.1) is 12.7 Å². The van der Waals surface area contributed by atoms with Gasteiger partial charge in [-0.1, -0.05) is 15.9 Å². The Hall–Kier alpha value is -0.780. The van der Waals surface area contributed by atoms with Gasteiger partial charge in [-0.15, -0.1) is 11.3 Å². The standard InChI is InChI=1S/C13H14BrFN2S/c1-8-7-18-13(17-8)6-11(16)5-9-4-10(14)2-3-12(9)15/h2-4,7,11H,5-6,16H2,1H3. The monoisotopic (exact) mass is 328 g/mol. The molecule has 1 unspecified atom stereocenters. The van der Waals surface area contributed by atoms with Crippen LogP contribution in [0.2, 0.25) is 0 Å². The zero-order valence-electron chi connectivity index (χ0n) is 9.99. The highest BCUT2D eigenvalue weighted by Gasteiger charge is 2.11. The summed E-state index contributed by atoms with van der Waals surface area (Å²) in [4.78, 5) is 4.37. The molecule has 1 aromatic heterocycles. The van der Waals surface area contributed by atoms with E-state index in [2.05, 4.69) is 20.9 Å². The number of aryl methyl sites for hydroxylation is 1. The van der Waals surface area contributed by atoms with Crippen LogP contribution in [0.5, 0.6) is 0 Å². The predicted molar refractivity (Wildman–Crippen MR) is 76.3 cm³/mol. The minimum Gasteiger partial charge on any atom is -0.327 e. The second-order valence-electron chi connectivity index (χ2n) is 4.29. The first-order chi connectivity index (χ1) is 8.54. The number of rotatable bonds is 4. The van der Waals surface area contributed by atoms with Crippen LogP contribution in [0.1, 0.15) is 16.3 Å². The summed E-state index contributed by atoms with van der Waals surface area (Å²) >= 11 is 4.94. The Labute approximate surface area is 118 Å². The third-order valence-electron chi connectivity index (χ3n) is 2.59. The third-order valence-corrected chi connectivity index (χ3v) is 4.08. The van der Waals surface area contributed by atoms with Crippen LogP contribution >= 0.6 is 27.3 Å². The Bertz CT molecular complexity index is 542. The Balaban J connectivity index is 2.02. The fourth-order valence-corrected chi connectivity index (χ4v) is 3.05. The minimum absolute atomic E-state index is 0.112. The zero-order valence-corrected chi connectivity index (χ0v) is 12.4. The second-order valence-corrected chi connectivity index (χ2v) is 6.15. The van der Waals surface area contributed by atoms with Crippen molar-refractivity contribution < 1.29 is 4.39 Å². The third kappa shape index (κ3) is 3.60. The maximum absolute atomic E-state index is 13.6. The molecule has 1 atom stereocenters. The van der Waals surface area contributed by atoms with Gasteiger partial charge in [0.05, 0.1) is 5.01 Å². The number of nitrogens with zero attached hydrogens (tertiary/aromatic N) is 1. The van der Waals surface area contributed by atoms with E-state index in [1.54, 1.807) is 23.5 Å². The molecule has 0 aliphatic heterocycles. The molecule has 2 rings (SSSR count). The van der Waals surface area contributed by atoms with Gasteiger partial charge in [-0.3, -0.25) is 0 Å². The second kappa shape index (κ2) is 5.91. The molecule has 0 spiro atoms. The molecular weight excluding hydrogens is 315 g/mol. The van der Waals surface area contributed by atoms with Crippen molar-refractivity contribution in [3.63, 3.8) is 0 Å². The smallest absolute Gasteiger partial charge is 0.126 e. The van der Waals surface area contributed by atoms with E-state index < -0.39 is 0 Å². The number of benzene rings is 1. The summed E-state index contributed by atoms with van der Waals surface area (Å²) in [5.41, 5.74) is 7.70. The molecule has 1 aromatic carbocycles. The van der Waals surface area contributed by atoms with E-state index in [0.29, 0.717) is 18.4 Å². The Morgan fingerprint density at radius 2 is 2.22 bits per heavy atom. The summed E-state index contributed by atoms with van der Waals surface area (Å²) in [6.45, 7) is 1.96. The fourth-order valence-electron chi connectivity index (χ4n) is 1.78. The molecule has 0 aliphatic rings. The Morgan fingerprint density at radius 3 is 2.89 bits per heavy atom. The van der Waals surface area contributed by atoms with Crippen molar-refractivity contribution in [3.05, 3.63) is 50.1 Å². The molecule has 5 heteroatoms. The van der Waals surface area contributed by atoms with E-state index >= 15 is 0 Å². The van der Waals surface area contributed by atoms with Crippen molar-refractivity contribution >= 4 is 27.3 Å². The summed E-state index contributed by atoms with van der Waals surface area (Å²) in [5, 5.41) is 3.01. The lowest BCUT2D eigenvalue weighted by atomic mass is 10.0. The molecule has 0 amide bonds. The van der Waals surface area contributed by atoms with Gasteiger partial charge in [0.25, 0.3) is 0 Å². The van der Waals surface area contributed by atoms with Crippen molar-refractivity contribution in [1.29, 1.82) is 0 Å². The maximum Gasteiger partial charge on any atom is 0.126 e. The fraction of sp³-hybridized carbons (Fsp3) is 0.308. The first kappa shape index (κ1) is 13.6. The highest BCUT2D eigenvalue weighted by atomic mass is 79.9. The van der Waals surface area contributed by atoms with Gasteiger partial charge < -0.3 is 5.73 Å². The number of thiazole rings is 1. The predicted octanol–water partition coefficient (Wildman–Crippen LogP) is 3.47. The summed E-state index contributed by atoms with van der Waals surface area (Å²) in [6, 6.07) is 4.82. The lowest BCUT2D eigenvalue weighted by molar-refractivity contribution is 0.583. The molecule has 96 valence electrons. The molecule has 0 aliphatic carbocycles. The highest BCUT2D eigenvalue weighted by molar-refractivity contribution is 9.10. The summed E-state index contributed by atoms with van der Waals surface area (Å²) in [7, 11) is 0. The average molecular weight is 329 g/mol. The number of hydrogen-bond donors (Lipinski definition) is 1. The summed E-state index contributed by atoms with van der Waals surface area (Å²) in [5.74, 6) is -0.205. The summed E-state index contributed by atoms with van der Waals surface area (Å²) < 4.78 is 14.5. The highest BCUT2D eigenvalue weighted by Crippen LogP contribution is 2.18. The van der Waals surface area contributed by atoms with E-state index in [1.165, 1.54) is 6.07 Å². The van der Waals surface area contributed by atoms with E-state index in [4.69, 9.17) is 5.73 Å². The molecule has 18 heavy (non-hydrogen) atoms. The first-order valence-corrected chi connectivity index (χ1v) is 7.32. The van der Waals surface area contributed by atoms with E-state index in [0.717, 1.165) is 15.2 Å². The quantitative estimate of drug-likeness (QED) is 0.933. The molecule has 0 fully saturated rings. The molecular formula is C13H14BrFN2S. The molecule has 0 saturated carbocycles. The van der Waals surface area contributed by atoms with Crippen molar-refractivity contribution in [2.24, 2.45) is 5.73 Å². The van der Waals surface area contributed by atoms with Crippen LogP contribution in [-0.2, 0) is 12.8 Å². The molecule has 0 bridgehead atoms. The number of hydrogen-bond acceptors (Lipinski definition) is 3. The van der Waals surface area contributed by atoms with E-state index in [1.807, 2.05) is 12.3 Å². The van der Waals surface area contributed by atoms with Crippen LogP contribution in [0.15, 0.2) is 28.1 Å². The minimum atomic E-state index is -0.205. The van der Waals surface area contributed by atoms with Gasteiger partial charge >= 0.3 is 0 Å². The van der Waals surface area contributed by atoms with Crippen LogP contribution in [0.3, 0.4) is 0 Å². The lowest BCUT2D eigenvalue weighted by Crippen LogP contribution is -2.26. The van der Waals surface area contributed by atoms with Gasteiger partial charge in [-0.2, -0.15) is 0 Å². The van der Waals surface area contributed by atoms with Gasteiger partial charge in [-0.05, 0) is 37.1 Å². The average Bonchev–Trinajstić information content (AvgIpc) is 2.69. The van der Waals surface area contributed by atoms with Gasteiger partial charge in [0.15, 0.2) is 0 Å². The van der Waals surface area contributed by atoms with Crippen LogP contribution in [0.25, 0.3) is 0 Å². The topological polar surface area (TPSA) is 38.9 Å². The Kier molecular flexibility index (Phi) is 4.48. The van der Waals surface area contributed by atoms with Crippen LogP contribution in [-0.4, -0.2) is 11.0 Å². The lowest BCUT2D eigenvalue weighted by Gasteiger charge is -2.11. The van der Waals surface area contributed by atoms with E-state index in [9.17, 15) is 4.39 Å². The molecule has 2 nitrogen and oxygen atoms in total. The largest absolute Gasteiger partial charge is 0.327 e. The van der Waals surface area contributed by atoms with Crippen molar-refractivity contribution in [3.8, 4) is 0 Å². The maximum atomic E-state index is 13.6. The van der Waals surface area contributed by atoms with Crippen LogP contribution in [0.4, 0.5) is 4.39 Å². The number of nitrogens with two attached hydrogens (primary N) is 1. The van der Waals surface area contributed by atoms with E-state index in [-0.39, 0.29) is 11.9 Å². The van der Waals surface area contributed by atoms with Gasteiger partial charge in [-0.25, -0.2) is 9.37 Å².